The fourth-order valence-corrected chi connectivity index (χ4v) is 2.33. The number of likely N-dealkylation sites (tertiary alicyclic amines) is 1. The second-order valence-corrected chi connectivity index (χ2v) is 4.35. The average molecular weight is 216 g/mol. The van der Waals surface area contributed by atoms with Crippen LogP contribution >= 0.6 is 0 Å². The van der Waals surface area contributed by atoms with Crippen LogP contribution in [0.25, 0.3) is 0 Å². The van der Waals surface area contributed by atoms with E-state index in [1.54, 1.807) is 0 Å². The first-order valence-corrected chi connectivity index (χ1v) is 6.33. The molecule has 1 fully saturated rings. The molecule has 15 heavy (non-hydrogen) atoms. The third-order valence-corrected chi connectivity index (χ3v) is 3.47. The van der Waals surface area contributed by atoms with Crippen LogP contribution in [0.3, 0.4) is 0 Å². The second kappa shape index (κ2) is 7.20. The number of hydrogen-bond donors (Lipinski definition) is 0. The molecular formula is C12H26NO2+. The molecule has 3 nitrogen and oxygen atoms in total. The van der Waals surface area contributed by atoms with E-state index >= 15 is 0 Å². The maximum absolute atomic E-state index is 5.58. The monoisotopic (exact) mass is 216 g/mol. The number of quaternary nitrogens is 1. The van der Waals surface area contributed by atoms with Crippen LogP contribution in [0.15, 0.2) is 0 Å². The van der Waals surface area contributed by atoms with Gasteiger partial charge < -0.3 is 14.0 Å². The van der Waals surface area contributed by atoms with Crippen molar-refractivity contribution in [3.63, 3.8) is 0 Å². The molecule has 1 heterocycles. The smallest absolute Gasteiger partial charge is 0.102 e. The minimum atomic E-state index is 0.739. The maximum atomic E-state index is 5.58. The van der Waals surface area contributed by atoms with Crippen LogP contribution < -0.4 is 0 Å². The first-order valence-electron chi connectivity index (χ1n) is 6.33. The Kier molecular flexibility index (Phi) is 6.22. The topological polar surface area (TPSA) is 18.5 Å². The molecule has 0 aromatic carbocycles. The highest BCUT2D eigenvalue weighted by Crippen LogP contribution is 2.18. The molecule has 0 aromatic rings. The summed E-state index contributed by atoms with van der Waals surface area (Å²) < 4.78 is 12.1. The Morgan fingerprint density at radius 3 is 2.20 bits per heavy atom. The third kappa shape index (κ3) is 4.49. The van der Waals surface area contributed by atoms with Crippen molar-refractivity contribution in [2.45, 2.75) is 26.7 Å². The molecule has 0 spiro atoms. The van der Waals surface area contributed by atoms with Crippen molar-refractivity contribution in [1.82, 2.24) is 0 Å². The van der Waals surface area contributed by atoms with Crippen molar-refractivity contribution in [1.29, 1.82) is 0 Å². The van der Waals surface area contributed by atoms with Crippen LogP contribution in [0.4, 0.5) is 0 Å². The molecule has 3 heteroatoms. The van der Waals surface area contributed by atoms with Crippen LogP contribution in [-0.4, -0.2) is 57.1 Å². The molecule has 90 valence electrons. The number of likely N-dealkylation sites (N-methyl/N-ethyl adjacent to an activating group) is 1. The summed E-state index contributed by atoms with van der Waals surface area (Å²) in [5, 5.41) is 0. The van der Waals surface area contributed by atoms with E-state index in [0.717, 1.165) is 26.4 Å². The van der Waals surface area contributed by atoms with Gasteiger partial charge in [-0.3, -0.25) is 0 Å². The van der Waals surface area contributed by atoms with Gasteiger partial charge in [-0.05, 0) is 13.8 Å². The van der Waals surface area contributed by atoms with Crippen LogP contribution in [0.1, 0.15) is 26.7 Å². The third-order valence-electron chi connectivity index (χ3n) is 3.47. The van der Waals surface area contributed by atoms with Gasteiger partial charge in [0.1, 0.15) is 6.54 Å². The first kappa shape index (κ1) is 12.9. The summed E-state index contributed by atoms with van der Waals surface area (Å²) in [5.74, 6) is 0. The molecule has 0 saturated carbocycles. The maximum Gasteiger partial charge on any atom is 0.102 e. The Morgan fingerprint density at radius 1 is 0.933 bits per heavy atom. The molecule has 1 aliphatic rings. The minimum Gasteiger partial charge on any atom is -0.379 e. The van der Waals surface area contributed by atoms with Gasteiger partial charge in [-0.1, -0.05) is 0 Å². The summed E-state index contributed by atoms with van der Waals surface area (Å²) >= 11 is 0. The average Bonchev–Trinajstić information content (AvgIpc) is 2.73. The van der Waals surface area contributed by atoms with Crippen molar-refractivity contribution >= 4 is 0 Å². The molecule has 0 aromatic heterocycles. The molecule has 1 aliphatic heterocycles. The predicted octanol–water partition coefficient (Wildman–Crippen LogP) is 1.67. The quantitative estimate of drug-likeness (QED) is 0.454. The summed E-state index contributed by atoms with van der Waals surface area (Å²) in [6.07, 6.45) is 2.79. The Labute approximate surface area is 93.9 Å². The number of hydrogen-bond acceptors (Lipinski definition) is 2. The second-order valence-electron chi connectivity index (χ2n) is 4.35. The zero-order chi connectivity index (χ0) is 11.0. The highest BCUT2D eigenvalue weighted by molar-refractivity contribution is 4.53. The highest BCUT2D eigenvalue weighted by atomic mass is 16.5. The van der Waals surface area contributed by atoms with Gasteiger partial charge in [0, 0.05) is 19.4 Å². The lowest BCUT2D eigenvalue weighted by Gasteiger charge is -2.32. The van der Waals surface area contributed by atoms with Crippen molar-refractivity contribution < 1.29 is 14.0 Å². The summed E-state index contributed by atoms with van der Waals surface area (Å²) in [4.78, 5) is 0. The van der Waals surface area contributed by atoms with E-state index in [2.05, 4.69) is 6.92 Å². The molecule has 0 amide bonds. The van der Waals surface area contributed by atoms with Crippen molar-refractivity contribution in [2.75, 3.05) is 52.6 Å². The molecule has 0 radical (unpaired) electrons. The molecule has 0 N–H and O–H groups in total. The molecular weight excluding hydrogens is 190 g/mol. The minimum absolute atomic E-state index is 0.739. The van der Waals surface area contributed by atoms with Crippen molar-refractivity contribution in [2.24, 2.45) is 0 Å². The number of ether oxygens (including phenoxy) is 2. The lowest BCUT2D eigenvalue weighted by atomic mass is 10.4. The highest BCUT2D eigenvalue weighted by Gasteiger charge is 2.29. The zero-order valence-electron chi connectivity index (χ0n) is 10.3. The first-order chi connectivity index (χ1) is 7.33. The molecule has 0 atom stereocenters. The molecule has 1 saturated heterocycles. The molecule has 1 rings (SSSR count). The summed E-state index contributed by atoms with van der Waals surface area (Å²) in [7, 11) is 0. The SMILES string of the molecule is CCOCCOCC[N+]1(CC)CCCC1. The van der Waals surface area contributed by atoms with Gasteiger partial charge in [-0.15, -0.1) is 0 Å². The van der Waals surface area contributed by atoms with E-state index in [4.69, 9.17) is 9.47 Å². The zero-order valence-corrected chi connectivity index (χ0v) is 10.3. The van der Waals surface area contributed by atoms with Crippen LogP contribution in [0, 0.1) is 0 Å². The Balaban J connectivity index is 2.02. The van der Waals surface area contributed by atoms with Crippen molar-refractivity contribution in [3.05, 3.63) is 0 Å². The van der Waals surface area contributed by atoms with Gasteiger partial charge in [0.25, 0.3) is 0 Å². The molecule has 0 bridgehead atoms. The normalized spacial score (nSPS) is 19.6. The molecule has 0 unspecified atom stereocenters. The van der Waals surface area contributed by atoms with Gasteiger partial charge in [-0.2, -0.15) is 0 Å². The van der Waals surface area contributed by atoms with E-state index in [1.807, 2.05) is 6.92 Å². The van der Waals surface area contributed by atoms with E-state index in [0.29, 0.717) is 0 Å². The number of rotatable bonds is 8. The lowest BCUT2D eigenvalue weighted by Crippen LogP contribution is -2.47. The standard InChI is InChI=1S/C12H26NO2/c1-3-13(7-5-6-8-13)9-10-15-12-11-14-4-2/h3-12H2,1-2H3/q+1. The summed E-state index contributed by atoms with van der Waals surface area (Å²) in [5.41, 5.74) is 0. The van der Waals surface area contributed by atoms with Crippen LogP contribution in [0.2, 0.25) is 0 Å². The van der Waals surface area contributed by atoms with Gasteiger partial charge in [0.2, 0.25) is 0 Å². The fraction of sp³-hybridized carbons (Fsp3) is 1.00. The van der Waals surface area contributed by atoms with Gasteiger partial charge in [0.15, 0.2) is 0 Å². The van der Waals surface area contributed by atoms with Gasteiger partial charge >= 0.3 is 0 Å². The van der Waals surface area contributed by atoms with E-state index in [1.165, 1.54) is 43.5 Å². The predicted molar refractivity (Wildman–Crippen MR) is 61.9 cm³/mol. The summed E-state index contributed by atoms with van der Waals surface area (Å²) in [6, 6.07) is 0. The van der Waals surface area contributed by atoms with Gasteiger partial charge in [0.05, 0.1) is 39.5 Å². The lowest BCUT2D eigenvalue weighted by molar-refractivity contribution is -0.915. The van der Waals surface area contributed by atoms with Crippen LogP contribution in [0.5, 0.6) is 0 Å². The largest absolute Gasteiger partial charge is 0.379 e. The fourth-order valence-electron chi connectivity index (χ4n) is 2.33. The molecule has 0 aliphatic carbocycles. The number of nitrogens with zero attached hydrogens (tertiary/aromatic N) is 1. The Morgan fingerprint density at radius 2 is 1.60 bits per heavy atom. The van der Waals surface area contributed by atoms with Crippen molar-refractivity contribution in [3.8, 4) is 0 Å². The van der Waals surface area contributed by atoms with Gasteiger partial charge in [-0.25, -0.2) is 0 Å². The summed E-state index contributed by atoms with van der Waals surface area (Å²) in [6.45, 7) is 12.6. The Bertz CT molecular complexity index is 156. The Hall–Kier alpha value is -0.120. The van der Waals surface area contributed by atoms with E-state index < -0.39 is 0 Å². The van der Waals surface area contributed by atoms with E-state index in [9.17, 15) is 0 Å². The van der Waals surface area contributed by atoms with E-state index in [-0.39, 0.29) is 0 Å². The van der Waals surface area contributed by atoms with Crippen LogP contribution in [-0.2, 0) is 9.47 Å².